The van der Waals surface area contributed by atoms with Gasteiger partial charge in [0.15, 0.2) is 0 Å². The Morgan fingerprint density at radius 3 is 2.35 bits per heavy atom. The van der Waals surface area contributed by atoms with Crippen LogP contribution in [0, 0.1) is 0 Å². The van der Waals surface area contributed by atoms with Crippen LogP contribution in [0.5, 0.6) is 11.5 Å². The highest BCUT2D eigenvalue weighted by atomic mass is 16.5. The molecule has 2 aromatic carbocycles. The monoisotopic (exact) mass is 314 g/mol. The quantitative estimate of drug-likeness (QED) is 0.647. The Kier molecular flexibility index (Phi) is 5.01. The smallest absolute Gasteiger partial charge is 0.343 e. The Balaban J connectivity index is 2.39. The molecule has 0 saturated heterocycles. The summed E-state index contributed by atoms with van der Waals surface area (Å²) < 4.78 is 5.40. The van der Waals surface area contributed by atoms with Crippen molar-refractivity contribution in [1.82, 2.24) is 0 Å². The SMILES string of the molecule is CCC(C)c1c(OC(=O)c2ccc(O)cc2)cccc1C(=O)O. The average molecular weight is 314 g/mol. The second kappa shape index (κ2) is 6.96. The number of hydrogen-bond acceptors (Lipinski definition) is 4. The molecule has 0 aliphatic carbocycles. The fourth-order valence-corrected chi connectivity index (χ4v) is 2.29. The zero-order valence-electron chi connectivity index (χ0n) is 12.9. The number of carbonyl (C=O) groups is 2. The molecule has 2 N–H and O–H groups in total. The van der Waals surface area contributed by atoms with Gasteiger partial charge in [-0.1, -0.05) is 19.9 Å². The standard InChI is InChI=1S/C18H18O5/c1-3-11(2)16-14(17(20)21)5-4-6-15(16)23-18(22)12-7-9-13(19)10-8-12/h4-11,19H,3H2,1-2H3,(H,20,21). The summed E-state index contributed by atoms with van der Waals surface area (Å²) in [5.74, 6) is -1.42. The van der Waals surface area contributed by atoms with E-state index in [2.05, 4.69) is 0 Å². The molecule has 0 amide bonds. The van der Waals surface area contributed by atoms with Crippen LogP contribution in [0.25, 0.3) is 0 Å². The summed E-state index contributed by atoms with van der Waals surface area (Å²) in [6, 6.07) is 10.3. The van der Waals surface area contributed by atoms with Crippen LogP contribution in [-0.2, 0) is 0 Å². The number of benzene rings is 2. The van der Waals surface area contributed by atoms with Crippen LogP contribution in [0.3, 0.4) is 0 Å². The molecule has 2 rings (SSSR count). The van der Waals surface area contributed by atoms with Crippen LogP contribution in [0.2, 0.25) is 0 Å². The lowest BCUT2D eigenvalue weighted by Crippen LogP contribution is -2.13. The molecule has 0 bridgehead atoms. The van der Waals surface area contributed by atoms with Gasteiger partial charge in [-0.25, -0.2) is 9.59 Å². The van der Waals surface area contributed by atoms with E-state index in [1.54, 1.807) is 12.1 Å². The zero-order valence-corrected chi connectivity index (χ0v) is 12.9. The predicted octanol–water partition coefficient (Wildman–Crippen LogP) is 3.82. The lowest BCUT2D eigenvalue weighted by atomic mass is 9.92. The summed E-state index contributed by atoms with van der Waals surface area (Å²) >= 11 is 0. The normalized spacial score (nSPS) is 11.7. The first-order chi connectivity index (χ1) is 10.9. The Hall–Kier alpha value is -2.82. The van der Waals surface area contributed by atoms with Crippen molar-refractivity contribution >= 4 is 11.9 Å². The van der Waals surface area contributed by atoms with Crippen LogP contribution in [-0.4, -0.2) is 22.2 Å². The molecule has 1 unspecified atom stereocenters. The minimum Gasteiger partial charge on any atom is -0.508 e. The molecule has 120 valence electrons. The third-order valence-corrected chi connectivity index (χ3v) is 3.71. The number of carbonyl (C=O) groups excluding carboxylic acids is 1. The van der Waals surface area contributed by atoms with Crippen LogP contribution in [0.1, 0.15) is 52.5 Å². The van der Waals surface area contributed by atoms with Gasteiger partial charge in [-0.3, -0.25) is 0 Å². The van der Waals surface area contributed by atoms with Crippen molar-refractivity contribution in [2.75, 3.05) is 0 Å². The number of carboxylic acid groups (broad SMARTS) is 1. The molecule has 0 aliphatic heterocycles. The Morgan fingerprint density at radius 1 is 1.13 bits per heavy atom. The maximum absolute atomic E-state index is 12.2. The largest absolute Gasteiger partial charge is 0.508 e. The molecule has 0 radical (unpaired) electrons. The maximum Gasteiger partial charge on any atom is 0.343 e. The minimum absolute atomic E-state index is 0.0507. The fourth-order valence-electron chi connectivity index (χ4n) is 2.29. The molecule has 2 aromatic rings. The summed E-state index contributed by atoms with van der Waals surface area (Å²) in [6.07, 6.45) is 0.716. The third kappa shape index (κ3) is 3.69. The highest BCUT2D eigenvalue weighted by Gasteiger charge is 2.21. The Labute approximate surface area is 134 Å². The molecule has 23 heavy (non-hydrogen) atoms. The highest BCUT2D eigenvalue weighted by molar-refractivity contribution is 5.93. The number of aromatic hydroxyl groups is 1. The van der Waals surface area contributed by atoms with Crippen molar-refractivity contribution in [3.63, 3.8) is 0 Å². The van der Waals surface area contributed by atoms with Gasteiger partial charge in [0, 0.05) is 5.56 Å². The van der Waals surface area contributed by atoms with Gasteiger partial charge in [-0.2, -0.15) is 0 Å². The number of phenols is 1. The second-order valence-corrected chi connectivity index (χ2v) is 5.27. The molecule has 0 heterocycles. The first kappa shape index (κ1) is 16.5. The highest BCUT2D eigenvalue weighted by Crippen LogP contribution is 2.32. The van der Waals surface area contributed by atoms with E-state index in [0.29, 0.717) is 12.0 Å². The number of phenolic OH excluding ortho intramolecular Hbond substituents is 1. The maximum atomic E-state index is 12.2. The Morgan fingerprint density at radius 2 is 1.78 bits per heavy atom. The van der Waals surface area contributed by atoms with Gasteiger partial charge in [0.1, 0.15) is 11.5 Å². The van der Waals surface area contributed by atoms with E-state index < -0.39 is 11.9 Å². The first-order valence-electron chi connectivity index (χ1n) is 7.31. The molecular weight excluding hydrogens is 296 g/mol. The van der Waals surface area contributed by atoms with Crippen molar-refractivity contribution in [3.8, 4) is 11.5 Å². The molecule has 0 saturated carbocycles. The summed E-state index contributed by atoms with van der Waals surface area (Å²) in [5, 5.41) is 18.6. The van der Waals surface area contributed by atoms with Gasteiger partial charge in [0.2, 0.25) is 0 Å². The number of ether oxygens (including phenoxy) is 1. The fraction of sp³-hybridized carbons (Fsp3) is 0.222. The van der Waals surface area contributed by atoms with E-state index >= 15 is 0 Å². The van der Waals surface area contributed by atoms with Crippen LogP contribution in [0.15, 0.2) is 42.5 Å². The average Bonchev–Trinajstić information content (AvgIpc) is 2.54. The lowest BCUT2D eigenvalue weighted by molar-refractivity contribution is 0.0684. The summed E-state index contributed by atoms with van der Waals surface area (Å²) in [5.41, 5.74) is 0.920. The molecule has 0 spiro atoms. The van der Waals surface area contributed by atoms with Crippen LogP contribution in [0.4, 0.5) is 0 Å². The number of aromatic carboxylic acids is 1. The van der Waals surface area contributed by atoms with Crippen LogP contribution >= 0.6 is 0 Å². The van der Waals surface area contributed by atoms with Gasteiger partial charge in [0.05, 0.1) is 11.1 Å². The molecule has 5 nitrogen and oxygen atoms in total. The summed E-state index contributed by atoms with van der Waals surface area (Å²) in [6.45, 7) is 3.83. The van der Waals surface area contributed by atoms with E-state index in [1.165, 1.54) is 30.3 Å². The van der Waals surface area contributed by atoms with E-state index in [9.17, 15) is 19.8 Å². The second-order valence-electron chi connectivity index (χ2n) is 5.27. The molecule has 0 aromatic heterocycles. The minimum atomic E-state index is -1.05. The summed E-state index contributed by atoms with van der Waals surface area (Å²) in [7, 11) is 0. The van der Waals surface area contributed by atoms with Crippen molar-refractivity contribution < 1.29 is 24.5 Å². The third-order valence-electron chi connectivity index (χ3n) is 3.71. The van der Waals surface area contributed by atoms with E-state index in [-0.39, 0.29) is 28.5 Å². The lowest BCUT2D eigenvalue weighted by Gasteiger charge is -2.17. The molecule has 0 aliphatic rings. The predicted molar refractivity (Wildman–Crippen MR) is 85.2 cm³/mol. The van der Waals surface area contributed by atoms with E-state index in [0.717, 1.165) is 0 Å². The zero-order chi connectivity index (χ0) is 17.0. The van der Waals surface area contributed by atoms with E-state index in [1.807, 2.05) is 13.8 Å². The first-order valence-corrected chi connectivity index (χ1v) is 7.31. The molecule has 0 fully saturated rings. The van der Waals surface area contributed by atoms with Crippen molar-refractivity contribution in [2.24, 2.45) is 0 Å². The van der Waals surface area contributed by atoms with Crippen molar-refractivity contribution in [1.29, 1.82) is 0 Å². The molecule has 1 atom stereocenters. The van der Waals surface area contributed by atoms with Gasteiger partial charge in [-0.15, -0.1) is 0 Å². The topological polar surface area (TPSA) is 83.8 Å². The molecule has 5 heteroatoms. The molecular formula is C18H18O5. The number of hydrogen-bond donors (Lipinski definition) is 2. The van der Waals surface area contributed by atoms with Gasteiger partial charge in [0.25, 0.3) is 0 Å². The van der Waals surface area contributed by atoms with Gasteiger partial charge in [-0.05, 0) is 48.7 Å². The number of esters is 1. The van der Waals surface area contributed by atoms with E-state index in [4.69, 9.17) is 4.74 Å². The Bertz CT molecular complexity index is 719. The summed E-state index contributed by atoms with van der Waals surface area (Å²) in [4.78, 5) is 23.6. The number of rotatable bonds is 5. The van der Waals surface area contributed by atoms with Gasteiger partial charge >= 0.3 is 11.9 Å². The van der Waals surface area contributed by atoms with Gasteiger partial charge < -0.3 is 14.9 Å². The van der Waals surface area contributed by atoms with Crippen molar-refractivity contribution in [2.45, 2.75) is 26.2 Å². The number of carboxylic acids is 1. The van der Waals surface area contributed by atoms with Crippen LogP contribution < -0.4 is 4.74 Å². The van der Waals surface area contributed by atoms with Crippen molar-refractivity contribution in [3.05, 3.63) is 59.2 Å².